The molecule has 0 unspecified atom stereocenters. The minimum absolute atomic E-state index is 0.196. The van der Waals surface area contributed by atoms with Crippen LogP contribution >= 0.6 is 0 Å². The van der Waals surface area contributed by atoms with E-state index in [4.69, 9.17) is 4.74 Å². The topological polar surface area (TPSA) is 74.7 Å². The first kappa shape index (κ1) is 14.1. The van der Waals surface area contributed by atoms with E-state index < -0.39 is 6.10 Å². The average molecular weight is 291 g/mol. The van der Waals surface area contributed by atoms with Crippen LogP contribution in [0.4, 0.5) is 10.5 Å². The molecule has 1 aliphatic carbocycles. The molecule has 2 aliphatic rings. The minimum Gasteiger partial charge on any atom is -0.474 e. The summed E-state index contributed by atoms with van der Waals surface area (Å²) < 4.78 is 5.78. The molecule has 0 spiro atoms. The van der Waals surface area contributed by atoms with E-state index in [1.54, 1.807) is 23.2 Å². The highest BCUT2D eigenvalue weighted by atomic mass is 16.5. The van der Waals surface area contributed by atoms with Gasteiger partial charge in [-0.2, -0.15) is 0 Å². The third-order valence-corrected chi connectivity index (χ3v) is 4.03. The van der Waals surface area contributed by atoms with Gasteiger partial charge in [-0.1, -0.05) is 0 Å². The number of carbonyl (C=O) groups excluding carboxylic acids is 1. The molecule has 0 bridgehead atoms. The molecule has 0 aromatic carbocycles. The van der Waals surface area contributed by atoms with Crippen molar-refractivity contribution in [3.8, 4) is 5.88 Å². The first-order valence-electron chi connectivity index (χ1n) is 7.57. The second kappa shape index (κ2) is 6.30. The van der Waals surface area contributed by atoms with Gasteiger partial charge in [0.25, 0.3) is 0 Å². The summed E-state index contributed by atoms with van der Waals surface area (Å²) in [6.07, 6.45) is 6.75. The van der Waals surface area contributed by atoms with Crippen LogP contribution in [0.3, 0.4) is 0 Å². The van der Waals surface area contributed by atoms with Crippen LogP contribution in [0, 0.1) is 0 Å². The molecule has 1 aromatic rings. The van der Waals surface area contributed by atoms with Crippen LogP contribution in [0.2, 0.25) is 0 Å². The Bertz CT molecular complexity index is 485. The van der Waals surface area contributed by atoms with Crippen LogP contribution in [0.5, 0.6) is 5.88 Å². The van der Waals surface area contributed by atoms with E-state index in [0.717, 1.165) is 12.8 Å². The fourth-order valence-corrected chi connectivity index (χ4v) is 2.83. The van der Waals surface area contributed by atoms with Crippen molar-refractivity contribution in [1.82, 2.24) is 9.88 Å². The third kappa shape index (κ3) is 3.64. The van der Waals surface area contributed by atoms with Gasteiger partial charge >= 0.3 is 6.03 Å². The number of likely N-dealkylation sites (tertiary alicyclic amines) is 1. The van der Waals surface area contributed by atoms with Gasteiger partial charge in [-0.05, 0) is 38.2 Å². The van der Waals surface area contributed by atoms with Crippen molar-refractivity contribution in [2.75, 3.05) is 18.4 Å². The first-order chi connectivity index (χ1) is 10.2. The number of amides is 2. The van der Waals surface area contributed by atoms with Crippen molar-refractivity contribution < 1.29 is 14.6 Å². The van der Waals surface area contributed by atoms with E-state index in [2.05, 4.69) is 10.3 Å². The fraction of sp³-hybridized carbons (Fsp3) is 0.600. The lowest BCUT2D eigenvalue weighted by molar-refractivity contribution is 0.176. The van der Waals surface area contributed by atoms with Crippen LogP contribution in [0.1, 0.15) is 32.1 Å². The summed E-state index contributed by atoms with van der Waals surface area (Å²) in [6, 6.07) is 3.38. The summed E-state index contributed by atoms with van der Waals surface area (Å²) in [7, 11) is 0. The number of aliphatic hydroxyl groups excluding tert-OH is 1. The van der Waals surface area contributed by atoms with Gasteiger partial charge in [-0.25, -0.2) is 9.78 Å². The number of rotatable bonds is 3. The zero-order valence-corrected chi connectivity index (χ0v) is 12.0. The summed E-state index contributed by atoms with van der Waals surface area (Å²) in [5.41, 5.74) is 0.639. The van der Waals surface area contributed by atoms with Crippen LogP contribution in [0.15, 0.2) is 18.3 Å². The molecule has 1 atom stereocenters. The Labute approximate surface area is 124 Å². The lowest BCUT2D eigenvalue weighted by atomic mass is 10.3. The van der Waals surface area contributed by atoms with E-state index >= 15 is 0 Å². The molecule has 21 heavy (non-hydrogen) atoms. The number of ether oxygens (including phenoxy) is 1. The lowest BCUT2D eigenvalue weighted by Crippen LogP contribution is -2.33. The van der Waals surface area contributed by atoms with Gasteiger partial charge in [0, 0.05) is 19.2 Å². The molecule has 1 saturated carbocycles. The van der Waals surface area contributed by atoms with Crippen LogP contribution < -0.4 is 10.1 Å². The van der Waals surface area contributed by atoms with Gasteiger partial charge in [-0.15, -0.1) is 0 Å². The Morgan fingerprint density at radius 2 is 2.14 bits per heavy atom. The first-order valence-corrected chi connectivity index (χ1v) is 7.57. The quantitative estimate of drug-likeness (QED) is 0.893. The van der Waals surface area contributed by atoms with Gasteiger partial charge in [0.05, 0.1) is 18.0 Å². The maximum Gasteiger partial charge on any atom is 0.321 e. The molecule has 2 amide bonds. The van der Waals surface area contributed by atoms with E-state index in [9.17, 15) is 9.90 Å². The minimum atomic E-state index is -0.406. The molecule has 6 nitrogen and oxygen atoms in total. The zero-order chi connectivity index (χ0) is 14.7. The number of anilines is 1. The third-order valence-electron chi connectivity index (χ3n) is 4.03. The van der Waals surface area contributed by atoms with Crippen molar-refractivity contribution in [2.24, 2.45) is 0 Å². The van der Waals surface area contributed by atoms with Crippen molar-refractivity contribution >= 4 is 11.7 Å². The van der Waals surface area contributed by atoms with Crippen molar-refractivity contribution in [3.05, 3.63) is 18.3 Å². The van der Waals surface area contributed by atoms with E-state index in [0.29, 0.717) is 31.1 Å². The van der Waals surface area contributed by atoms with E-state index in [1.807, 2.05) is 0 Å². The summed E-state index contributed by atoms with van der Waals surface area (Å²) >= 11 is 0. The molecular formula is C15H21N3O3. The molecule has 0 radical (unpaired) electrons. The number of carbonyl (C=O) groups is 1. The lowest BCUT2D eigenvalue weighted by Gasteiger charge is -2.16. The number of aliphatic hydroxyl groups is 1. The van der Waals surface area contributed by atoms with Crippen LogP contribution in [-0.4, -0.2) is 46.3 Å². The van der Waals surface area contributed by atoms with Gasteiger partial charge < -0.3 is 20.1 Å². The van der Waals surface area contributed by atoms with Gasteiger partial charge in [0.15, 0.2) is 0 Å². The number of β-amino-alcohol motifs (C(OH)–C–C–N with tert-alkyl or cyclic N) is 1. The standard InChI is InChI=1S/C15H21N3O3/c19-12-7-8-18(10-12)15(20)17-11-5-6-14(16-9-11)21-13-3-1-2-4-13/h5-6,9,12-13,19H,1-4,7-8,10H2,(H,17,20)/t12-/m0/s1. The Balaban J connectivity index is 1.53. The second-order valence-electron chi connectivity index (χ2n) is 5.73. The predicted molar refractivity (Wildman–Crippen MR) is 78.3 cm³/mol. The Morgan fingerprint density at radius 3 is 2.76 bits per heavy atom. The van der Waals surface area contributed by atoms with Gasteiger partial charge in [-0.3, -0.25) is 0 Å². The molecule has 3 rings (SSSR count). The zero-order valence-electron chi connectivity index (χ0n) is 12.0. The average Bonchev–Trinajstić information content (AvgIpc) is 3.12. The molecular weight excluding hydrogens is 270 g/mol. The smallest absolute Gasteiger partial charge is 0.321 e. The molecule has 114 valence electrons. The molecule has 2 N–H and O–H groups in total. The number of hydrogen-bond acceptors (Lipinski definition) is 4. The number of hydrogen-bond donors (Lipinski definition) is 2. The normalized spacial score (nSPS) is 22.5. The number of nitrogens with one attached hydrogen (secondary N) is 1. The molecule has 1 aliphatic heterocycles. The van der Waals surface area contributed by atoms with E-state index in [1.165, 1.54) is 12.8 Å². The van der Waals surface area contributed by atoms with Crippen molar-refractivity contribution in [3.63, 3.8) is 0 Å². The molecule has 2 heterocycles. The fourth-order valence-electron chi connectivity index (χ4n) is 2.83. The highest BCUT2D eigenvalue weighted by Gasteiger charge is 2.24. The van der Waals surface area contributed by atoms with E-state index in [-0.39, 0.29) is 12.1 Å². The molecule has 6 heteroatoms. The second-order valence-corrected chi connectivity index (χ2v) is 5.73. The van der Waals surface area contributed by atoms with Gasteiger partial charge in [0.1, 0.15) is 6.10 Å². The molecule has 1 saturated heterocycles. The number of pyridine rings is 1. The van der Waals surface area contributed by atoms with Crippen LogP contribution in [0.25, 0.3) is 0 Å². The summed E-state index contributed by atoms with van der Waals surface area (Å²) in [6.45, 7) is 0.978. The van der Waals surface area contributed by atoms with Crippen LogP contribution in [-0.2, 0) is 0 Å². The largest absolute Gasteiger partial charge is 0.474 e. The molecule has 2 fully saturated rings. The van der Waals surface area contributed by atoms with Gasteiger partial charge in [0.2, 0.25) is 5.88 Å². The highest BCUT2D eigenvalue weighted by molar-refractivity contribution is 5.89. The maximum absolute atomic E-state index is 12.0. The summed E-state index contributed by atoms with van der Waals surface area (Å²) in [5, 5.41) is 12.2. The number of urea groups is 1. The van der Waals surface area contributed by atoms with Crippen molar-refractivity contribution in [1.29, 1.82) is 0 Å². The summed E-state index contributed by atoms with van der Waals surface area (Å²) in [5.74, 6) is 0.608. The Morgan fingerprint density at radius 1 is 1.33 bits per heavy atom. The number of nitrogens with zero attached hydrogens (tertiary/aromatic N) is 2. The molecule has 1 aromatic heterocycles. The summed E-state index contributed by atoms with van der Waals surface area (Å²) in [4.78, 5) is 17.8. The SMILES string of the molecule is O=C(Nc1ccc(OC2CCCC2)nc1)N1CC[C@H](O)C1. The highest BCUT2D eigenvalue weighted by Crippen LogP contribution is 2.23. The predicted octanol–water partition coefficient (Wildman–Crippen LogP) is 2.00. The maximum atomic E-state index is 12.0. The number of aromatic nitrogens is 1. The Hall–Kier alpha value is -1.82. The van der Waals surface area contributed by atoms with Crippen molar-refractivity contribution in [2.45, 2.75) is 44.3 Å². The Kier molecular flexibility index (Phi) is 4.24. The monoisotopic (exact) mass is 291 g/mol.